The van der Waals surface area contributed by atoms with Crippen LogP contribution in [0, 0.1) is 0 Å². The molecule has 0 aliphatic heterocycles. The van der Waals surface area contributed by atoms with Gasteiger partial charge in [-0.2, -0.15) is 0 Å². The Balaban J connectivity index is 3.17. The molecule has 0 spiro atoms. The molecule has 0 saturated carbocycles. The third-order valence-corrected chi connectivity index (χ3v) is 1.06. The van der Waals surface area contributed by atoms with Gasteiger partial charge in [0.05, 0.1) is 0 Å². The summed E-state index contributed by atoms with van der Waals surface area (Å²) in [6, 6.07) is 1.60. The van der Waals surface area contributed by atoms with Crippen LogP contribution in [0.2, 0.25) is 5.15 Å². The molecule has 2 N–H and O–H groups in total. The van der Waals surface area contributed by atoms with Crippen molar-refractivity contribution in [2.24, 2.45) is 7.05 Å². The lowest BCUT2D eigenvalue weighted by atomic mass is 10.5. The molecule has 0 saturated heterocycles. The van der Waals surface area contributed by atoms with Gasteiger partial charge >= 0.3 is 0 Å². The van der Waals surface area contributed by atoms with Crippen LogP contribution in [0.5, 0.6) is 0 Å². The van der Waals surface area contributed by atoms with Crippen LogP contribution in [0.3, 0.4) is 0 Å². The Kier molecular flexibility index (Phi) is 1.53. The Labute approximate surface area is 58.1 Å². The molecule has 1 heterocycles. The summed E-state index contributed by atoms with van der Waals surface area (Å²) in [5, 5.41) is 4.25. The molecule has 0 unspecified atom stereocenters. The van der Waals surface area contributed by atoms with E-state index in [0.29, 0.717) is 10.8 Å². The van der Waals surface area contributed by atoms with Gasteiger partial charge in [-0.1, -0.05) is 16.3 Å². The fourth-order valence-corrected chi connectivity index (χ4v) is 0.844. The van der Waals surface area contributed by atoms with Crippen molar-refractivity contribution in [3.05, 3.63) is 17.4 Å². The molecule has 0 aliphatic rings. The number of nitrogens with zero attached hydrogens (tertiary/aromatic N) is 2. The first-order valence-electron chi connectivity index (χ1n) is 2.47. The van der Waals surface area contributed by atoms with Gasteiger partial charge in [0.2, 0.25) is 6.20 Å². The molecule has 1 aromatic rings. The number of aromatic nitrogens is 2. The smallest absolute Gasteiger partial charge is 0.218 e. The number of nitrogens with two attached hydrogens (primary N) is 1. The average Bonchev–Trinajstić information content (AvgIpc) is 1.59. The van der Waals surface area contributed by atoms with Crippen molar-refractivity contribution in [3.63, 3.8) is 0 Å². The van der Waals surface area contributed by atoms with E-state index in [1.165, 1.54) is 0 Å². The zero-order valence-electron chi connectivity index (χ0n) is 5.00. The molecule has 0 aromatic carbocycles. The van der Waals surface area contributed by atoms with E-state index in [1.54, 1.807) is 24.0 Å². The highest BCUT2D eigenvalue weighted by Gasteiger charge is 1.98. The molecular formula is C5H7ClN3+. The van der Waals surface area contributed by atoms with Crippen molar-refractivity contribution in [1.29, 1.82) is 0 Å². The highest BCUT2D eigenvalue weighted by molar-refractivity contribution is 6.29. The van der Waals surface area contributed by atoms with Gasteiger partial charge in [-0.25, -0.2) is 0 Å². The van der Waals surface area contributed by atoms with Gasteiger partial charge < -0.3 is 5.73 Å². The molecule has 0 atom stereocenters. The minimum absolute atomic E-state index is 0.414. The maximum atomic E-state index is 5.54. The van der Waals surface area contributed by atoms with E-state index in [2.05, 4.69) is 5.10 Å². The van der Waals surface area contributed by atoms with Crippen LogP contribution in [0.25, 0.3) is 0 Å². The number of aryl methyl sites for hydroxylation is 1. The SMILES string of the molecule is C[n+]1cc(N)cc(Cl)n1. The number of nitrogen functional groups attached to an aromatic ring is 1. The van der Waals surface area contributed by atoms with E-state index < -0.39 is 0 Å². The lowest BCUT2D eigenvalue weighted by Crippen LogP contribution is -2.32. The fraction of sp³-hybridized carbons (Fsp3) is 0.200. The van der Waals surface area contributed by atoms with Crippen molar-refractivity contribution in [2.75, 3.05) is 5.73 Å². The lowest BCUT2D eigenvalue weighted by molar-refractivity contribution is -0.730. The van der Waals surface area contributed by atoms with E-state index in [-0.39, 0.29) is 0 Å². The van der Waals surface area contributed by atoms with E-state index in [9.17, 15) is 0 Å². The van der Waals surface area contributed by atoms with Crippen LogP contribution in [0.1, 0.15) is 0 Å². The van der Waals surface area contributed by atoms with Crippen molar-refractivity contribution >= 4 is 17.3 Å². The summed E-state index contributed by atoms with van der Waals surface area (Å²) >= 11 is 5.54. The second-order valence-electron chi connectivity index (χ2n) is 1.77. The van der Waals surface area contributed by atoms with E-state index in [1.807, 2.05) is 0 Å². The predicted molar refractivity (Wildman–Crippen MR) is 34.8 cm³/mol. The first kappa shape index (κ1) is 6.29. The van der Waals surface area contributed by atoms with Gasteiger partial charge in [-0.05, 0) is 0 Å². The number of hydrogen-bond donors (Lipinski definition) is 1. The van der Waals surface area contributed by atoms with Crippen LogP contribution in [-0.2, 0) is 7.05 Å². The number of anilines is 1. The van der Waals surface area contributed by atoms with Gasteiger partial charge in [0.25, 0.3) is 0 Å². The molecule has 0 bridgehead atoms. The van der Waals surface area contributed by atoms with Crippen LogP contribution in [0.15, 0.2) is 12.3 Å². The average molecular weight is 145 g/mol. The second kappa shape index (κ2) is 2.19. The van der Waals surface area contributed by atoms with Crippen LogP contribution in [0.4, 0.5) is 5.69 Å². The highest BCUT2D eigenvalue weighted by Crippen LogP contribution is 2.03. The molecule has 0 radical (unpaired) electrons. The fourth-order valence-electron chi connectivity index (χ4n) is 0.599. The van der Waals surface area contributed by atoms with E-state index in [4.69, 9.17) is 17.3 Å². The molecule has 1 aromatic heterocycles. The quantitative estimate of drug-likeness (QED) is 0.527. The Morgan fingerprint density at radius 2 is 2.44 bits per heavy atom. The molecule has 9 heavy (non-hydrogen) atoms. The van der Waals surface area contributed by atoms with Gasteiger partial charge in [0, 0.05) is 11.2 Å². The first-order chi connectivity index (χ1) is 4.18. The monoisotopic (exact) mass is 144 g/mol. The van der Waals surface area contributed by atoms with E-state index in [0.717, 1.165) is 0 Å². The molecule has 0 aliphatic carbocycles. The minimum Gasteiger partial charge on any atom is -0.394 e. The third-order valence-electron chi connectivity index (χ3n) is 0.875. The van der Waals surface area contributed by atoms with Crippen molar-refractivity contribution in [3.8, 4) is 0 Å². The minimum atomic E-state index is 0.414. The summed E-state index contributed by atoms with van der Waals surface area (Å²) in [4.78, 5) is 0. The Bertz CT molecular complexity index is 173. The lowest BCUT2D eigenvalue weighted by Gasteiger charge is -1.87. The second-order valence-corrected chi connectivity index (χ2v) is 2.16. The normalized spacial score (nSPS) is 9.56. The van der Waals surface area contributed by atoms with Crippen LogP contribution >= 0.6 is 11.6 Å². The maximum absolute atomic E-state index is 5.54. The maximum Gasteiger partial charge on any atom is 0.218 e. The Morgan fingerprint density at radius 3 is 2.89 bits per heavy atom. The van der Waals surface area contributed by atoms with Gasteiger partial charge in [-0.3, -0.25) is 0 Å². The molecule has 1 rings (SSSR count). The first-order valence-corrected chi connectivity index (χ1v) is 2.85. The largest absolute Gasteiger partial charge is 0.394 e. The molecule has 0 fully saturated rings. The summed E-state index contributed by atoms with van der Waals surface area (Å²) in [7, 11) is 1.77. The summed E-state index contributed by atoms with van der Waals surface area (Å²) in [6.45, 7) is 0. The van der Waals surface area contributed by atoms with Crippen molar-refractivity contribution < 1.29 is 4.68 Å². The topological polar surface area (TPSA) is 42.8 Å². The predicted octanol–water partition coefficient (Wildman–Crippen LogP) is 0.142. The molecular weight excluding hydrogens is 138 g/mol. The number of hydrogen-bond acceptors (Lipinski definition) is 2. The third kappa shape index (κ3) is 1.54. The van der Waals surface area contributed by atoms with Crippen molar-refractivity contribution in [1.82, 2.24) is 5.10 Å². The number of rotatable bonds is 0. The molecule has 4 heteroatoms. The number of halogens is 1. The summed E-state index contributed by atoms with van der Waals surface area (Å²) in [6.07, 6.45) is 1.69. The zero-order chi connectivity index (χ0) is 6.85. The van der Waals surface area contributed by atoms with Gasteiger partial charge in [0.1, 0.15) is 5.69 Å². The standard InChI is InChI=1S/C5H7ClN3/c1-9-3-4(7)2-5(6)8-9/h2-3H,1H3,(H2,7,8)/q+1. The summed E-state index contributed by atoms with van der Waals surface area (Å²) in [5.41, 5.74) is 6.04. The van der Waals surface area contributed by atoms with E-state index >= 15 is 0 Å². The van der Waals surface area contributed by atoms with Crippen LogP contribution < -0.4 is 10.4 Å². The summed E-state index contributed by atoms with van der Waals surface area (Å²) in [5.74, 6) is 0. The van der Waals surface area contributed by atoms with Crippen molar-refractivity contribution in [2.45, 2.75) is 0 Å². The molecule has 3 nitrogen and oxygen atoms in total. The molecule has 0 amide bonds. The van der Waals surface area contributed by atoms with Crippen LogP contribution in [-0.4, -0.2) is 5.10 Å². The summed E-state index contributed by atoms with van der Waals surface area (Å²) < 4.78 is 1.57. The highest BCUT2D eigenvalue weighted by atomic mass is 35.5. The van der Waals surface area contributed by atoms with Gasteiger partial charge in [-0.15, -0.1) is 0 Å². The zero-order valence-corrected chi connectivity index (χ0v) is 5.76. The Morgan fingerprint density at radius 1 is 1.78 bits per heavy atom. The van der Waals surface area contributed by atoms with Gasteiger partial charge in [0.15, 0.2) is 12.2 Å². The molecule has 48 valence electrons. The Hall–Kier alpha value is -0.830.